The topological polar surface area (TPSA) is 50.7 Å². The van der Waals surface area contributed by atoms with Crippen LogP contribution < -0.4 is 10.2 Å². The summed E-state index contributed by atoms with van der Waals surface area (Å²) in [6.45, 7) is -0.299. The number of halogens is 1. The molecule has 4 nitrogen and oxygen atoms in total. The number of nitrogens with one attached hydrogen (secondary N) is 1. The minimum atomic E-state index is -0.506. The first-order valence-electron chi connectivity index (χ1n) is 6.00. The summed E-state index contributed by atoms with van der Waals surface area (Å²) in [7, 11) is 0. The van der Waals surface area contributed by atoms with Gasteiger partial charge in [0.25, 0.3) is 5.91 Å². The van der Waals surface area contributed by atoms with Gasteiger partial charge in [0, 0.05) is 0 Å². The van der Waals surface area contributed by atoms with Crippen molar-refractivity contribution >= 4 is 12.1 Å². The zero-order chi connectivity index (χ0) is 14.2. The molecule has 5 heteroatoms. The Balaban J connectivity index is 1.79. The molecule has 0 fully saturated rings. The SMILES string of the molecule is O=C(COc1ccccc1F)N/N=C\c1ccccc1. The lowest BCUT2D eigenvalue weighted by molar-refractivity contribution is -0.123. The van der Waals surface area contributed by atoms with Gasteiger partial charge in [0.15, 0.2) is 18.2 Å². The Bertz CT molecular complexity index is 600. The Labute approximate surface area is 115 Å². The molecule has 0 radical (unpaired) electrons. The molecule has 0 heterocycles. The highest BCUT2D eigenvalue weighted by atomic mass is 19.1. The van der Waals surface area contributed by atoms with E-state index in [2.05, 4.69) is 10.5 Å². The molecule has 1 amide bonds. The van der Waals surface area contributed by atoms with E-state index in [0.29, 0.717) is 0 Å². The van der Waals surface area contributed by atoms with Crippen molar-refractivity contribution in [1.82, 2.24) is 5.43 Å². The monoisotopic (exact) mass is 272 g/mol. The number of hydrazone groups is 1. The number of hydrogen-bond donors (Lipinski definition) is 1. The van der Waals surface area contributed by atoms with E-state index in [1.165, 1.54) is 18.3 Å². The average Bonchev–Trinajstić information content (AvgIpc) is 2.47. The highest BCUT2D eigenvalue weighted by Crippen LogP contribution is 2.14. The summed E-state index contributed by atoms with van der Waals surface area (Å²) in [5.41, 5.74) is 3.17. The zero-order valence-corrected chi connectivity index (χ0v) is 10.6. The van der Waals surface area contributed by atoms with Crippen LogP contribution >= 0.6 is 0 Å². The third kappa shape index (κ3) is 4.20. The molecule has 2 aromatic carbocycles. The van der Waals surface area contributed by atoms with Crippen LogP contribution in [0.5, 0.6) is 5.75 Å². The third-order valence-corrected chi connectivity index (χ3v) is 2.40. The van der Waals surface area contributed by atoms with Crippen LogP contribution in [0.1, 0.15) is 5.56 Å². The summed E-state index contributed by atoms with van der Waals surface area (Å²) < 4.78 is 18.3. The van der Waals surface area contributed by atoms with Gasteiger partial charge < -0.3 is 4.74 Å². The number of carbonyl (C=O) groups is 1. The Morgan fingerprint density at radius 3 is 2.60 bits per heavy atom. The largest absolute Gasteiger partial charge is 0.481 e. The van der Waals surface area contributed by atoms with E-state index in [1.807, 2.05) is 30.3 Å². The van der Waals surface area contributed by atoms with Gasteiger partial charge in [-0.2, -0.15) is 5.10 Å². The second-order valence-electron chi connectivity index (χ2n) is 3.92. The smallest absolute Gasteiger partial charge is 0.277 e. The van der Waals surface area contributed by atoms with Crippen molar-refractivity contribution in [2.75, 3.05) is 6.61 Å². The van der Waals surface area contributed by atoms with Crippen molar-refractivity contribution < 1.29 is 13.9 Å². The van der Waals surface area contributed by atoms with Crippen molar-refractivity contribution in [3.63, 3.8) is 0 Å². The predicted molar refractivity (Wildman–Crippen MR) is 74.1 cm³/mol. The van der Waals surface area contributed by atoms with Gasteiger partial charge in [0.1, 0.15) is 0 Å². The van der Waals surface area contributed by atoms with Crippen molar-refractivity contribution in [3.05, 3.63) is 66.0 Å². The molecule has 0 aliphatic heterocycles. The summed E-state index contributed by atoms with van der Waals surface area (Å²) in [6.07, 6.45) is 1.51. The molecular weight excluding hydrogens is 259 g/mol. The molecule has 2 rings (SSSR count). The van der Waals surface area contributed by atoms with E-state index in [1.54, 1.807) is 12.1 Å². The first-order valence-corrected chi connectivity index (χ1v) is 6.00. The van der Waals surface area contributed by atoms with Gasteiger partial charge in [-0.15, -0.1) is 0 Å². The van der Waals surface area contributed by atoms with Crippen LogP contribution in [0, 0.1) is 5.82 Å². The number of rotatable bonds is 5. The summed E-state index contributed by atoms with van der Waals surface area (Å²) in [5, 5.41) is 3.78. The molecule has 0 saturated carbocycles. The van der Waals surface area contributed by atoms with Gasteiger partial charge in [-0.3, -0.25) is 4.79 Å². The highest BCUT2D eigenvalue weighted by molar-refractivity contribution is 5.82. The van der Waals surface area contributed by atoms with E-state index in [4.69, 9.17) is 4.74 Å². The van der Waals surface area contributed by atoms with Crippen molar-refractivity contribution in [2.24, 2.45) is 5.10 Å². The fourth-order valence-corrected chi connectivity index (χ4v) is 1.46. The van der Waals surface area contributed by atoms with Crippen LogP contribution in [0.4, 0.5) is 4.39 Å². The average molecular weight is 272 g/mol. The molecule has 0 aliphatic carbocycles. The number of ether oxygens (including phenoxy) is 1. The van der Waals surface area contributed by atoms with Crippen molar-refractivity contribution in [1.29, 1.82) is 0 Å². The summed E-state index contributed by atoms with van der Waals surface area (Å²) in [5.74, 6) is -0.928. The summed E-state index contributed by atoms with van der Waals surface area (Å²) in [6, 6.07) is 15.2. The van der Waals surface area contributed by atoms with E-state index < -0.39 is 11.7 Å². The Hall–Kier alpha value is -2.69. The van der Waals surface area contributed by atoms with E-state index in [9.17, 15) is 9.18 Å². The van der Waals surface area contributed by atoms with Gasteiger partial charge in [-0.1, -0.05) is 42.5 Å². The Kier molecular flexibility index (Phi) is 4.83. The van der Waals surface area contributed by atoms with Gasteiger partial charge in [-0.05, 0) is 17.7 Å². The molecule has 0 atom stereocenters. The maximum Gasteiger partial charge on any atom is 0.277 e. The molecule has 0 aliphatic rings. The number of benzene rings is 2. The molecule has 0 unspecified atom stereocenters. The minimum absolute atomic E-state index is 0.0367. The van der Waals surface area contributed by atoms with Crippen LogP contribution in [-0.2, 0) is 4.79 Å². The molecule has 0 bridgehead atoms. The summed E-state index contributed by atoms with van der Waals surface area (Å²) in [4.78, 5) is 11.4. The van der Waals surface area contributed by atoms with E-state index >= 15 is 0 Å². The maximum absolute atomic E-state index is 13.2. The highest BCUT2D eigenvalue weighted by Gasteiger charge is 2.04. The minimum Gasteiger partial charge on any atom is -0.481 e. The van der Waals surface area contributed by atoms with Crippen LogP contribution in [0.25, 0.3) is 0 Å². The van der Waals surface area contributed by atoms with Crippen LogP contribution in [0.2, 0.25) is 0 Å². The molecular formula is C15H13FN2O2. The lowest BCUT2D eigenvalue weighted by atomic mass is 10.2. The Morgan fingerprint density at radius 2 is 1.85 bits per heavy atom. The van der Waals surface area contributed by atoms with Gasteiger partial charge in [0.2, 0.25) is 0 Å². The molecule has 0 saturated heterocycles. The zero-order valence-electron chi connectivity index (χ0n) is 10.6. The van der Waals surface area contributed by atoms with Gasteiger partial charge in [-0.25, -0.2) is 9.82 Å². The second kappa shape index (κ2) is 7.04. The number of carbonyl (C=O) groups excluding carboxylic acids is 1. The first kappa shape index (κ1) is 13.7. The molecule has 2 aromatic rings. The molecule has 0 spiro atoms. The maximum atomic E-state index is 13.2. The molecule has 102 valence electrons. The molecule has 20 heavy (non-hydrogen) atoms. The normalized spacial score (nSPS) is 10.4. The fourth-order valence-electron chi connectivity index (χ4n) is 1.46. The lowest BCUT2D eigenvalue weighted by Crippen LogP contribution is -2.24. The predicted octanol–water partition coefficient (Wildman–Crippen LogP) is 2.35. The van der Waals surface area contributed by atoms with Crippen LogP contribution in [0.3, 0.4) is 0 Å². The fraction of sp³-hybridized carbons (Fsp3) is 0.0667. The second-order valence-corrected chi connectivity index (χ2v) is 3.92. The number of amides is 1. The summed E-state index contributed by atoms with van der Waals surface area (Å²) >= 11 is 0. The number of para-hydroxylation sites is 1. The van der Waals surface area contributed by atoms with E-state index in [0.717, 1.165) is 5.56 Å². The quantitative estimate of drug-likeness (QED) is 0.671. The molecule has 1 N–H and O–H groups in total. The number of hydrogen-bond acceptors (Lipinski definition) is 3. The van der Waals surface area contributed by atoms with Crippen molar-refractivity contribution in [2.45, 2.75) is 0 Å². The molecule has 0 aromatic heterocycles. The first-order chi connectivity index (χ1) is 9.75. The van der Waals surface area contributed by atoms with E-state index in [-0.39, 0.29) is 12.4 Å². The lowest BCUT2D eigenvalue weighted by Gasteiger charge is -2.05. The van der Waals surface area contributed by atoms with Crippen LogP contribution in [0.15, 0.2) is 59.7 Å². The third-order valence-electron chi connectivity index (χ3n) is 2.40. The Morgan fingerprint density at radius 1 is 1.15 bits per heavy atom. The van der Waals surface area contributed by atoms with Crippen LogP contribution in [-0.4, -0.2) is 18.7 Å². The standard InChI is InChI=1S/C15H13FN2O2/c16-13-8-4-5-9-14(13)20-11-15(19)18-17-10-12-6-2-1-3-7-12/h1-10H,11H2,(H,18,19)/b17-10-. The number of nitrogens with zero attached hydrogens (tertiary/aromatic N) is 1. The van der Waals surface area contributed by atoms with Gasteiger partial charge >= 0.3 is 0 Å². The van der Waals surface area contributed by atoms with Crippen molar-refractivity contribution in [3.8, 4) is 5.75 Å². The van der Waals surface area contributed by atoms with Gasteiger partial charge in [0.05, 0.1) is 6.21 Å².